The van der Waals surface area contributed by atoms with Crippen LogP contribution in [0.15, 0.2) is 91.0 Å². The maximum atomic E-state index is 6.76. The van der Waals surface area contributed by atoms with Gasteiger partial charge in [0.1, 0.15) is 6.10 Å². The van der Waals surface area contributed by atoms with Crippen molar-refractivity contribution in [2.45, 2.75) is 44.4 Å². The highest BCUT2D eigenvalue weighted by Gasteiger charge is 2.36. The lowest BCUT2D eigenvalue weighted by atomic mass is 9.87. The van der Waals surface area contributed by atoms with Crippen LogP contribution in [0.5, 0.6) is 0 Å². The number of piperidine rings is 1. The third-order valence-electron chi connectivity index (χ3n) is 5.73. The van der Waals surface area contributed by atoms with Crippen LogP contribution in [0.25, 0.3) is 0 Å². The van der Waals surface area contributed by atoms with E-state index in [4.69, 9.17) is 4.74 Å². The van der Waals surface area contributed by atoms with E-state index in [1.807, 2.05) is 0 Å². The van der Waals surface area contributed by atoms with Crippen molar-refractivity contribution in [3.63, 3.8) is 0 Å². The fourth-order valence-corrected chi connectivity index (χ4v) is 4.35. The van der Waals surface area contributed by atoms with Crippen molar-refractivity contribution in [2.75, 3.05) is 11.4 Å². The molecule has 1 heterocycles. The van der Waals surface area contributed by atoms with E-state index < -0.39 is 0 Å². The van der Waals surface area contributed by atoms with Crippen molar-refractivity contribution in [3.05, 3.63) is 102 Å². The van der Waals surface area contributed by atoms with E-state index in [-0.39, 0.29) is 17.7 Å². The van der Waals surface area contributed by atoms with Gasteiger partial charge < -0.3 is 9.64 Å². The smallest absolute Gasteiger partial charge is 0.108 e. The van der Waals surface area contributed by atoms with E-state index >= 15 is 0 Å². The van der Waals surface area contributed by atoms with Crippen molar-refractivity contribution >= 4 is 5.69 Å². The molecule has 0 bridgehead atoms. The molecule has 1 fully saturated rings. The minimum absolute atomic E-state index is 0.0218. The summed E-state index contributed by atoms with van der Waals surface area (Å²) >= 11 is 0. The molecule has 0 amide bonds. The second-order valence-electron chi connectivity index (χ2n) is 8.25. The van der Waals surface area contributed by atoms with Gasteiger partial charge >= 0.3 is 0 Å². The van der Waals surface area contributed by atoms with Crippen LogP contribution < -0.4 is 4.90 Å². The topological polar surface area (TPSA) is 12.5 Å². The number of nitrogens with zero attached hydrogens (tertiary/aromatic N) is 1. The second kappa shape index (κ2) is 8.20. The minimum Gasteiger partial charge on any atom is -0.366 e. The third-order valence-corrected chi connectivity index (χ3v) is 5.73. The van der Waals surface area contributed by atoms with Crippen LogP contribution in [0.3, 0.4) is 0 Å². The van der Waals surface area contributed by atoms with Crippen LogP contribution in [-0.4, -0.2) is 18.2 Å². The Labute approximate surface area is 168 Å². The van der Waals surface area contributed by atoms with Crippen molar-refractivity contribution < 1.29 is 4.74 Å². The molecule has 0 spiro atoms. The largest absolute Gasteiger partial charge is 0.366 e. The molecule has 1 saturated heterocycles. The van der Waals surface area contributed by atoms with E-state index in [1.165, 1.54) is 16.8 Å². The average Bonchev–Trinajstić information content (AvgIpc) is 2.73. The highest BCUT2D eigenvalue weighted by Crippen LogP contribution is 2.37. The van der Waals surface area contributed by atoms with Crippen molar-refractivity contribution in [2.24, 2.45) is 0 Å². The Morgan fingerprint density at radius 1 is 0.786 bits per heavy atom. The zero-order valence-electron chi connectivity index (χ0n) is 16.8. The number of rotatable bonds is 5. The molecule has 2 nitrogen and oxygen atoms in total. The molecule has 1 aliphatic heterocycles. The maximum absolute atomic E-state index is 6.76. The molecule has 0 N–H and O–H groups in total. The summed E-state index contributed by atoms with van der Waals surface area (Å²) in [5, 5.41) is 0. The van der Waals surface area contributed by atoms with E-state index in [9.17, 15) is 0 Å². The first-order valence-corrected chi connectivity index (χ1v) is 10.2. The molecule has 0 radical (unpaired) electrons. The molecular weight excluding hydrogens is 342 g/mol. The number of hydrogen-bond acceptors (Lipinski definition) is 2. The zero-order chi connectivity index (χ0) is 19.4. The standard InChI is InChI=1S/C26H29NO/c1-26(2)20-24(18-19-27(26)23-16-10-5-11-17-23)28-25(21-12-6-3-7-13-21)22-14-8-4-9-15-22/h3-17,24-25H,18-20H2,1-2H3. The first kappa shape index (κ1) is 18.8. The van der Waals surface area contributed by atoms with Gasteiger partial charge in [-0.3, -0.25) is 0 Å². The van der Waals surface area contributed by atoms with Gasteiger partial charge in [-0.25, -0.2) is 0 Å². The summed E-state index contributed by atoms with van der Waals surface area (Å²) in [6.45, 7) is 5.67. The van der Waals surface area contributed by atoms with Crippen LogP contribution in [-0.2, 0) is 4.74 Å². The van der Waals surface area contributed by atoms with Crippen molar-refractivity contribution in [1.82, 2.24) is 0 Å². The lowest BCUT2D eigenvalue weighted by molar-refractivity contribution is -0.0204. The molecule has 1 atom stereocenters. The fraction of sp³-hybridized carbons (Fsp3) is 0.308. The molecule has 1 unspecified atom stereocenters. The van der Waals surface area contributed by atoms with Gasteiger partial charge in [0.25, 0.3) is 0 Å². The van der Waals surface area contributed by atoms with Gasteiger partial charge in [-0.1, -0.05) is 78.9 Å². The van der Waals surface area contributed by atoms with Gasteiger partial charge in [0.2, 0.25) is 0 Å². The zero-order valence-corrected chi connectivity index (χ0v) is 16.8. The van der Waals surface area contributed by atoms with Crippen LogP contribution in [0.4, 0.5) is 5.69 Å². The first-order chi connectivity index (χ1) is 13.6. The number of hydrogen-bond donors (Lipinski definition) is 0. The third kappa shape index (κ3) is 4.13. The summed E-state index contributed by atoms with van der Waals surface area (Å²) in [6.07, 6.45) is 2.26. The molecule has 3 aromatic carbocycles. The van der Waals surface area contributed by atoms with Gasteiger partial charge in [0, 0.05) is 17.8 Å². The summed E-state index contributed by atoms with van der Waals surface area (Å²) in [6, 6.07) is 31.9. The van der Waals surface area contributed by atoms with Crippen LogP contribution in [0.2, 0.25) is 0 Å². The van der Waals surface area contributed by atoms with E-state index in [2.05, 4.69) is 110 Å². The molecule has 28 heavy (non-hydrogen) atoms. The highest BCUT2D eigenvalue weighted by molar-refractivity contribution is 5.49. The summed E-state index contributed by atoms with van der Waals surface area (Å²) in [5.74, 6) is 0. The molecular formula is C26H29NO. The van der Waals surface area contributed by atoms with Gasteiger partial charge in [-0.15, -0.1) is 0 Å². The molecule has 0 aliphatic carbocycles. The number of benzene rings is 3. The predicted molar refractivity (Wildman–Crippen MR) is 117 cm³/mol. The Balaban J connectivity index is 1.54. The van der Waals surface area contributed by atoms with Gasteiger partial charge in [0.05, 0.1) is 6.10 Å². The number of para-hydroxylation sites is 1. The maximum Gasteiger partial charge on any atom is 0.108 e. The molecule has 3 aromatic rings. The summed E-state index contributed by atoms with van der Waals surface area (Å²) in [4.78, 5) is 2.52. The van der Waals surface area contributed by atoms with Crippen molar-refractivity contribution in [1.29, 1.82) is 0 Å². The molecule has 4 rings (SSSR count). The molecule has 144 valence electrons. The Bertz CT molecular complexity index is 821. The quantitative estimate of drug-likeness (QED) is 0.526. The molecule has 0 saturated carbocycles. The SMILES string of the molecule is CC1(C)CC(OC(c2ccccc2)c2ccccc2)CCN1c1ccccc1. The Hall–Kier alpha value is -2.58. The molecule has 0 aromatic heterocycles. The molecule has 1 aliphatic rings. The second-order valence-corrected chi connectivity index (χ2v) is 8.25. The Kier molecular flexibility index (Phi) is 5.50. The Morgan fingerprint density at radius 3 is 1.79 bits per heavy atom. The fourth-order valence-electron chi connectivity index (χ4n) is 4.35. The van der Waals surface area contributed by atoms with Gasteiger partial charge in [-0.05, 0) is 49.9 Å². The Morgan fingerprint density at radius 2 is 1.29 bits per heavy atom. The van der Waals surface area contributed by atoms with Gasteiger partial charge in [-0.2, -0.15) is 0 Å². The lowest BCUT2D eigenvalue weighted by Gasteiger charge is -2.47. The van der Waals surface area contributed by atoms with Crippen LogP contribution in [0.1, 0.15) is 43.9 Å². The summed E-state index contributed by atoms with van der Waals surface area (Å²) in [5.41, 5.74) is 3.80. The highest BCUT2D eigenvalue weighted by atomic mass is 16.5. The monoisotopic (exact) mass is 371 g/mol. The average molecular weight is 372 g/mol. The summed E-state index contributed by atoms with van der Waals surface area (Å²) in [7, 11) is 0. The van der Waals surface area contributed by atoms with E-state index in [0.717, 1.165) is 19.4 Å². The number of ether oxygens (including phenoxy) is 1. The normalized spacial score (nSPS) is 19.0. The van der Waals surface area contributed by atoms with Gasteiger partial charge in [0.15, 0.2) is 0 Å². The number of anilines is 1. The predicted octanol–water partition coefficient (Wildman–Crippen LogP) is 6.24. The van der Waals surface area contributed by atoms with E-state index in [0.29, 0.717) is 0 Å². The molecule has 2 heteroatoms. The minimum atomic E-state index is -0.0218. The van der Waals surface area contributed by atoms with E-state index in [1.54, 1.807) is 0 Å². The summed E-state index contributed by atoms with van der Waals surface area (Å²) < 4.78 is 6.76. The van der Waals surface area contributed by atoms with Crippen LogP contribution >= 0.6 is 0 Å². The first-order valence-electron chi connectivity index (χ1n) is 10.2. The lowest BCUT2D eigenvalue weighted by Crippen LogP contribution is -2.52. The van der Waals surface area contributed by atoms with Crippen LogP contribution in [0, 0.1) is 0 Å². The van der Waals surface area contributed by atoms with Crippen molar-refractivity contribution in [3.8, 4) is 0 Å².